The molecule has 1 N–H and O–H groups in total. The number of likely N-dealkylation sites (tertiary alicyclic amines) is 2. The zero-order chi connectivity index (χ0) is 16.0. The Morgan fingerprint density at radius 2 is 1.82 bits per heavy atom. The first-order valence-corrected chi connectivity index (χ1v) is 8.88. The van der Waals surface area contributed by atoms with E-state index in [9.17, 15) is 4.79 Å². The predicted molar refractivity (Wildman–Crippen MR) is 89.1 cm³/mol. The zero-order valence-corrected chi connectivity index (χ0v) is 14.6. The molecule has 2 saturated heterocycles. The van der Waals surface area contributed by atoms with Crippen LogP contribution in [0.15, 0.2) is 0 Å². The van der Waals surface area contributed by atoms with Gasteiger partial charge in [-0.15, -0.1) is 0 Å². The van der Waals surface area contributed by atoms with Gasteiger partial charge in [0.2, 0.25) is 0 Å². The van der Waals surface area contributed by atoms with Crippen molar-refractivity contribution < 1.29 is 9.53 Å². The lowest BCUT2D eigenvalue weighted by Gasteiger charge is -2.26. The molecule has 22 heavy (non-hydrogen) atoms. The van der Waals surface area contributed by atoms with Crippen molar-refractivity contribution in [1.29, 1.82) is 0 Å². The van der Waals surface area contributed by atoms with E-state index >= 15 is 0 Å². The number of nitrogens with zero attached hydrogens (tertiary/aromatic N) is 2. The Kier molecular flexibility index (Phi) is 6.50. The molecule has 5 nitrogen and oxygen atoms in total. The summed E-state index contributed by atoms with van der Waals surface area (Å²) in [6.45, 7) is 12.1. The minimum atomic E-state index is -0.406. The van der Waals surface area contributed by atoms with Gasteiger partial charge < -0.3 is 19.9 Å². The van der Waals surface area contributed by atoms with Gasteiger partial charge in [0.1, 0.15) is 5.60 Å². The van der Waals surface area contributed by atoms with Crippen LogP contribution in [0.5, 0.6) is 0 Å². The van der Waals surface area contributed by atoms with E-state index < -0.39 is 5.60 Å². The molecule has 0 aromatic heterocycles. The average Bonchev–Trinajstić information content (AvgIpc) is 2.81. The zero-order valence-electron chi connectivity index (χ0n) is 14.6. The van der Waals surface area contributed by atoms with Gasteiger partial charge >= 0.3 is 6.09 Å². The smallest absolute Gasteiger partial charge is 0.410 e. The molecule has 0 aromatic rings. The fourth-order valence-electron chi connectivity index (χ4n) is 3.24. The van der Waals surface area contributed by atoms with Crippen LogP contribution >= 0.6 is 0 Å². The van der Waals surface area contributed by atoms with Crippen molar-refractivity contribution in [3.63, 3.8) is 0 Å². The van der Waals surface area contributed by atoms with E-state index in [2.05, 4.69) is 10.2 Å². The Morgan fingerprint density at radius 3 is 2.50 bits per heavy atom. The summed E-state index contributed by atoms with van der Waals surface area (Å²) < 4.78 is 5.48. The third kappa shape index (κ3) is 6.13. The fraction of sp³-hybridized carbons (Fsp3) is 0.941. The number of ether oxygens (including phenoxy) is 1. The summed E-state index contributed by atoms with van der Waals surface area (Å²) in [5.74, 6) is 0. The third-order valence-corrected chi connectivity index (χ3v) is 4.44. The maximum absolute atomic E-state index is 12.1. The van der Waals surface area contributed by atoms with Gasteiger partial charge in [-0.05, 0) is 66.0 Å². The van der Waals surface area contributed by atoms with Crippen molar-refractivity contribution in [1.82, 2.24) is 15.1 Å². The minimum Gasteiger partial charge on any atom is -0.444 e. The van der Waals surface area contributed by atoms with E-state index in [-0.39, 0.29) is 6.09 Å². The van der Waals surface area contributed by atoms with Crippen molar-refractivity contribution in [3.05, 3.63) is 0 Å². The number of carbonyl (C=O) groups excluding carboxylic acids is 1. The third-order valence-electron chi connectivity index (χ3n) is 4.44. The molecule has 1 amide bonds. The molecular weight excluding hydrogens is 278 g/mol. The summed E-state index contributed by atoms with van der Waals surface area (Å²) in [5.41, 5.74) is -0.406. The second kappa shape index (κ2) is 8.16. The number of carbonyl (C=O) groups is 1. The van der Waals surface area contributed by atoms with Crippen LogP contribution < -0.4 is 5.32 Å². The van der Waals surface area contributed by atoms with Crippen molar-refractivity contribution in [2.45, 2.75) is 64.5 Å². The predicted octanol–water partition coefficient (Wildman–Crippen LogP) is 2.46. The number of amides is 1. The fourth-order valence-corrected chi connectivity index (χ4v) is 3.24. The maximum Gasteiger partial charge on any atom is 0.410 e. The van der Waals surface area contributed by atoms with E-state index in [0.717, 1.165) is 45.4 Å². The molecule has 128 valence electrons. The molecule has 0 spiro atoms. The molecule has 2 aliphatic rings. The molecular formula is C17H33N3O2. The molecule has 0 aliphatic carbocycles. The highest BCUT2D eigenvalue weighted by atomic mass is 16.6. The summed E-state index contributed by atoms with van der Waals surface area (Å²) in [7, 11) is 0. The van der Waals surface area contributed by atoms with E-state index in [0.29, 0.717) is 6.04 Å². The van der Waals surface area contributed by atoms with Gasteiger partial charge in [0, 0.05) is 32.2 Å². The molecule has 0 radical (unpaired) electrons. The summed E-state index contributed by atoms with van der Waals surface area (Å²) in [6, 6.07) is 0.537. The maximum atomic E-state index is 12.1. The second-order valence-electron chi connectivity index (χ2n) is 7.60. The second-order valence-corrected chi connectivity index (χ2v) is 7.60. The van der Waals surface area contributed by atoms with Gasteiger partial charge in [-0.25, -0.2) is 4.79 Å². The van der Waals surface area contributed by atoms with Gasteiger partial charge in [-0.1, -0.05) is 0 Å². The summed E-state index contributed by atoms with van der Waals surface area (Å²) >= 11 is 0. The number of nitrogens with one attached hydrogen (secondary N) is 1. The van der Waals surface area contributed by atoms with E-state index in [1.807, 2.05) is 25.7 Å². The van der Waals surface area contributed by atoms with E-state index in [1.165, 1.54) is 25.9 Å². The molecule has 0 aromatic carbocycles. The van der Waals surface area contributed by atoms with Crippen LogP contribution in [0.4, 0.5) is 4.79 Å². The Morgan fingerprint density at radius 1 is 1.09 bits per heavy atom. The average molecular weight is 311 g/mol. The van der Waals surface area contributed by atoms with Crippen molar-refractivity contribution >= 4 is 6.09 Å². The Balaban J connectivity index is 1.66. The molecule has 0 saturated carbocycles. The van der Waals surface area contributed by atoms with Crippen LogP contribution in [0.1, 0.15) is 52.9 Å². The highest BCUT2D eigenvalue weighted by Gasteiger charge is 2.25. The van der Waals surface area contributed by atoms with Crippen LogP contribution in [0.25, 0.3) is 0 Å². The largest absolute Gasteiger partial charge is 0.444 e. The molecule has 5 heteroatoms. The summed E-state index contributed by atoms with van der Waals surface area (Å²) in [5, 5.41) is 3.68. The highest BCUT2D eigenvalue weighted by Crippen LogP contribution is 2.15. The van der Waals surface area contributed by atoms with Crippen LogP contribution in [0.3, 0.4) is 0 Å². The Labute approximate surface area is 135 Å². The quantitative estimate of drug-likeness (QED) is 0.866. The minimum absolute atomic E-state index is 0.162. The first-order valence-electron chi connectivity index (χ1n) is 8.88. The number of rotatable bonds is 4. The number of hydrogen-bond donors (Lipinski definition) is 1. The SMILES string of the molecule is CC(C)(C)OC(=O)N1CCCC(NCCN2CCCC2)CC1. The lowest BCUT2D eigenvalue weighted by Crippen LogP contribution is -2.39. The molecule has 0 bridgehead atoms. The van der Waals surface area contributed by atoms with Gasteiger partial charge in [-0.3, -0.25) is 0 Å². The summed E-state index contributed by atoms with van der Waals surface area (Å²) in [4.78, 5) is 16.5. The number of hydrogen-bond acceptors (Lipinski definition) is 4. The van der Waals surface area contributed by atoms with Crippen molar-refractivity contribution in [2.75, 3.05) is 39.3 Å². The molecule has 1 atom stereocenters. The lowest BCUT2D eigenvalue weighted by molar-refractivity contribution is 0.0256. The molecule has 1 unspecified atom stereocenters. The van der Waals surface area contributed by atoms with E-state index in [1.54, 1.807) is 0 Å². The Bertz CT molecular complexity index is 348. The Hall–Kier alpha value is -0.810. The van der Waals surface area contributed by atoms with Crippen LogP contribution in [0, 0.1) is 0 Å². The highest BCUT2D eigenvalue weighted by molar-refractivity contribution is 5.68. The molecule has 2 heterocycles. The normalized spacial score (nSPS) is 24.3. The van der Waals surface area contributed by atoms with Crippen LogP contribution in [-0.2, 0) is 4.74 Å². The van der Waals surface area contributed by atoms with Crippen LogP contribution in [-0.4, -0.2) is 66.8 Å². The monoisotopic (exact) mass is 311 g/mol. The molecule has 2 aliphatic heterocycles. The molecule has 2 fully saturated rings. The first-order chi connectivity index (χ1) is 10.4. The first kappa shape index (κ1) is 17.5. The van der Waals surface area contributed by atoms with Gasteiger partial charge in [0.25, 0.3) is 0 Å². The van der Waals surface area contributed by atoms with E-state index in [4.69, 9.17) is 4.74 Å². The van der Waals surface area contributed by atoms with Crippen molar-refractivity contribution in [2.24, 2.45) is 0 Å². The standard InChI is InChI=1S/C17H33N3O2/c1-17(2,3)22-16(21)20-12-6-7-15(8-13-20)18-9-14-19-10-4-5-11-19/h15,18H,4-14H2,1-3H3. The van der Waals surface area contributed by atoms with Gasteiger partial charge in [-0.2, -0.15) is 0 Å². The summed E-state index contributed by atoms with van der Waals surface area (Å²) in [6.07, 6.45) is 5.78. The van der Waals surface area contributed by atoms with Gasteiger partial charge in [0.05, 0.1) is 0 Å². The lowest BCUT2D eigenvalue weighted by atomic mass is 10.1. The van der Waals surface area contributed by atoms with Gasteiger partial charge in [0.15, 0.2) is 0 Å². The van der Waals surface area contributed by atoms with Crippen molar-refractivity contribution in [3.8, 4) is 0 Å². The topological polar surface area (TPSA) is 44.8 Å². The van der Waals surface area contributed by atoms with Crippen LogP contribution in [0.2, 0.25) is 0 Å². The molecule has 2 rings (SSSR count).